The summed E-state index contributed by atoms with van der Waals surface area (Å²) in [7, 11) is 2.11. The summed E-state index contributed by atoms with van der Waals surface area (Å²) in [5.74, 6) is 0. The van der Waals surface area contributed by atoms with Gasteiger partial charge < -0.3 is 0 Å². The van der Waals surface area contributed by atoms with Gasteiger partial charge in [0.05, 0.1) is 0 Å². The maximum atomic E-state index is 2.26. The highest BCUT2D eigenvalue weighted by Crippen LogP contribution is 2.35. The number of aryl methyl sites for hydroxylation is 4. The van der Waals surface area contributed by atoms with Gasteiger partial charge in [-0.25, -0.2) is 4.57 Å². The molecule has 2 aromatic carbocycles. The molecule has 0 aliphatic heterocycles. The van der Waals surface area contributed by atoms with E-state index in [-0.39, 0.29) is 0 Å². The van der Waals surface area contributed by atoms with Gasteiger partial charge in [-0.1, -0.05) is 30.3 Å². The summed E-state index contributed by atoms with van der Waals surface area (Å²) >= 11 is 0. The second-order valence-corrected chi connectivity index (χ2v) is 6.45. The van der Waals surface area contributed by atoms with E-state index < -0.39 is 0 Å². The third-order valence-corrected chi connectivity index (χ3v) is 4.67. The third kappa shape index (κ3) is 2.79. The minimum absolute atomic E-state index is 1.26. The van der Waals surface area contributed by atoms with Crippen LogP contribution in [0.4, 0.5) is 0 Å². The predicted molar refractivity (Wildman–Crippen MR) is 97.4 cm³/mol. The zero-order chi connectivity index (χ0) is 16.6. The van der Waals surface area contributed by atoms with Gasteiger partial charge in [0.15, 0.2) is 6.20 Å². The van der Waals surface area contributed by atoms with Crippen molar-refractivity contribution in [1.82, 2.24) is 0 Å². The van der Waals surface area contributed by atoms with Crippen LogP contribution in [0.3, 0.4) is 0 Å². The monoisotopic (exact) mass is 302 g/mol. The van der Waals surface area contributed by atoms with E-state index in [9.17, 15) is 0 Å². The quantitative estimate of drug-likeness (QED) is 0.581. The van der Waals surface area contributed by atoms with Crippen molar-refractivity contribution in [2.45, 2.75) is 27.7 Å². The summed E-state index contributed by atoms with van der Waals surface area (Å²) in [6, 6.07) is 17.6. The van der Waals surface area contributed by atoms with Crippen molar-refractivity contribution in [3.8, 4) is 22.4 Å². The molecular formula is C22H24N+. The average Bonchev–Trinajstić information content (AvgIpc) is 2.52. The lowest BCUT2D eigenvalue weighted by Crippen LogP contribution is -2.30. The zero-order valence-corrected chi connectivity index (χ0v) is 14.6. The van der Waals surface area contributed by atoms with Crippen LogP contribution in [0.2, 0.25) is 0 Å². The first-order valence-corrected chi connectivity index (χ1v) is 8.12. The Bertz CT molecular complexity index is 875. The first kappa shape index (κ1) is 15.5. The molecule has 1 heterocycles. The van der Waals surface area contributed by atoms with E-state index in [0.29, 0.717) is 0 Å². The van der Waals surface area contributed by atoms with Crippen molar-refractivity contribution in [3.05, 3.63) is 77.0 Å². The van der Waals surface area contributed by atoms with Gasteiger partial charge in [0.1, 0.15) is 7.05 Å². The van der Waals surface area contributed by atoms with E-state index in [0.717, 1.165) is 0 Å². The summed E-state index contributed by atoms with van der Waals surface area (Å²) < 4.78 is 2.20. The van der Waals surface area contributed by atoms with Crippen LogP contribution in [0, 0.1) is 27.7 Å². The van der Waals surface area contributed by atoms with Crippen molar-refractivity contribution in [3.63, 3.8) is 0 Å². The van der Waals surface area contributed by atoms with Gasteiger partial charge in [-0.15, -0.1) is 0 Å². The summed E-state index contributed by atoms with van der Waals surface area (Å²) in [5, 5.41) is 0. The molecule has 0 spiro atoms. The molecule has 1 heteroatoms. The highest BCUT2D eigenvalue weighted by atomic mass is 14.9. The zero-order valence-electron chi connectivity index (χ0n) is 14.6. The lowest BCUT2D eigenvalue weighted by atomic mass is 9.89. The lowest BCUT2D eigenvalue weighted by Gasteiger charge is -2.16. The van der Waals surface area contributed by atoms with Crippen LogP contribution in [0.25, 0.3) is 22.4 Å². The number of aromatic nitrogens is 1. The van der Waals surface area contributed by atoms with Gasteiger partial charge in [-0.3, -0.25) is 0 Å². The van der Waals surface area contributed by atoms with Gasteiger partial charge in [0.2, 0.25) is 5.69 Å². The molecular weight excluding hydrogens is 278 g/mol. The number of hydrogen-bond donors (Lipinski definition) is 0. The molecule has 23 heavy (non-hydrogen) atoms. The molecule has 1 aromatic heterocycles. The Balaban J connectivity index is 2.29. The van der Waals surface area contributed by atoms with Crippen LogP contribution in [-0.2, 0) is 7.05 Å². The summed E-state index contributed by atoms with van der Waals surface area (Å²) in [6.07, 6.45) is 2.14. The second-order valence-electron chi connectivity index (χ2n) is 6.45. The standard InChI is InChI=1S/C22H24N/c1-15-12-13-23(5)21(14-15)20-11-10-17(3)22(18(20)4)19-9-7-6-8-16(19)2/h6-14H,1-5H3/q+1. The molecule has 0 saturated carbocycles. The van der Waals surface area contributed by atoms with E-state index in [1.807, 2.05) is 0 Å². The smallest absolute Gasteiger partial charge is 0.201 e. The summed E-state index contributed by atoms with van der Waals surface area (Å²) in [4.78, 5) is 0. The minimum Gasteiger partial charge on any atom is -0.201 e. The number of pyridine rings is 1. The average molecular weight is 302 g/mol. The van der Waals surface area contributed by atoms with Gasteiger partial charge in [-0.05, 0) is 67.1 Å². The maximum Gasteiger partial charge on any atom is 0.212 e. The van der Waals surface area contributed by atoms with E-state index in [2.05, 4.69) is 94.0 Å². The van der Waals surface area contributed by atoms with Crippen LogP contribution in [0.15, 0.2) is 54.7 Å². The molecule has 1 nitrogen and oxygen atoms in total. The van der Waals surface area contributed by atoms with Crippen molar-refractivity contribution in [2.24, 2.45) is 7.05 Å². The third-order valence-electron chi connectivity index (χ3n) is 4.67. The molecule has 0 aliphatic carbocycles. The SMILES string of the molecule is Cc1cc[n+](C)c(-c2ccc(C)c(-c3ccccc3C)c2C)c1. The fraction of sp³-hybridized carbons (Fsp3) is 0.227. The van der Waals surface area contributed by atoms with Crippen LogP contribution < -0.4 is 4.57 Å². The van der Waals surface area contributed by atoms with Crippen molar-refractivity contribution in [2.75, 3.05) is 0 Å². The first-order valence-electron chi connectivity index (χ1n) is 8.12. The van der Waals surface area contributed by atoms with Crippen LogP contribution in [0.5, 0.6) is 0 Å². The molecule has 0 atom stereocenters. The highest BCUT2D eigenvalue weighted by molar-refractivity contribution is 5.80. The molecule has 116 valence electrons. The van der Waals surface area contributed by atoms with E-state index in [1.54, 1.807) is 0 Å². The Kier molecular flexibility index (Phi) is 4.04. The normalized spacial score (nSPS) is 10.8. The molecule has 3 aromatic rings. The number of hydrogen-bond acceptors (Lipinski definition) is 0. The summed E-state index contributed by atoms with van der Waals surface area (Å²) in [6.45, 7) is 8.78. The fourth-order valence-electron chi connectivity index (χ4n) is 3.34. The lowest BCUT2D eigenvalue weighted by molar-refractivity contribution is -0.660. The number of rotatable bonds is 2. The minimum atomic E-state index is 1.26. The Morgan fingerprint density at radius 1 is 0.739 bits per heavy atom. The Hall–Kier alpha value is -2.41. The maximum absolute atomic E-state index is 2.26. The van der Waals surface area contributed by atoms with E-state index in [4.69, 9.17) is 0 Å². The molecule has 0 saturated heterocycles. The number of nitrogens with zero attached hydrogens (tertiary/aromatic N) is 1. The Morgan fingerprint density at radius 2 is 1.48 bits per heavy atom. The topological polar surface area (TPSA) is 3.88 Å². The molecule has 0 amide bonds. The molecule has 0 fully saturated rings. The van der Waals surface area contributed by atoms with Crippen LogP contribution in [0.1, 0.15) is 22.3 Å². The highest BCUT2D eigenvalue weighted by Gasteiger charge is 2.17. The van der Waals surface area contributed by atoms with Crippen molar-refractivity contribution < 1.29 is 4.57 Å². The largest absolute Gasteiger partial charge is 0.212 e. The molecule has 0 unspecified atom stereocenters. The van der Waals surface area contributed by atoms with Gasteiger partial charge >= 0.3 is 0 Å². The Labute approximate surface area is 139 Å². The molecule has 0 radical (unpaired) electrons. The molecule has 0 bridgehead atoms. The van der Waals surface area contributed by atoms with Crippen molar-refractivity contribution >= 4 is 0 Å². The molecule has 0 N–H and O–H groups in total. The second kappa shape index (κ2) is 6.00. The van der Waals surface area contributed by atoms with Crippen LogP contribution >= 0.6 is 0 Å². The van der Waals surface area contributed by atoms with Gasteiger partial charge in [0, 0.05) is 17.7 Å². The Morgan fingerprint density at radius 3 is 2.22 bits per heavy atom. The number of benzene rings is 2. The van der Waals surface area contributed by atoms with Crippen molar-refractivity contribution in [1.29, 1.82) is 0 Å². The first-order chi connectivity index (χ1) is 11.0. The van der Waals surface area contributed by atoms with E-state index in [1.165, 1.54) is 44.6 Å². The van der Waals surface area contributed by atoms with Gasteiger partial charge in [-0.2, -0.15) is 0 Å². The molecule has 3 rings (SSSR count). The predicted octanol–water partition coefficient (Wildman–Crippen LogP) is 5.08. The van der Waals surface area contributed by atoms with E-state index >= 15 is 0 Å². The summed E-state index contributed by atoms with van der Waals surface area (Å²) in [5.41, 5.74) is 10.6. The molecule has 0 aliphatic rings. The van der Waals surface area contributed by atoms with Crippen LogP contribution in [-0.4, -0.2) is 0 Å². The fourth-order valence-corrected chi connectivity index (χ4v) is 3.34. The van der Waals surface area contributed by atoms with Gasteiger partial charge in [0.25, 0.3) is 0 Å².